The van der Waals surface area contributed by atoms with Crippen molar-refractivity contribution in [2.75, 3.05) is 0 Å². The monoisotopic (exact) mass is 196 g/mol. The predicted molar refractivity (Wildman–Crippen MR) is 47.7 cm³/mol. The van der Waals surface area contributed by atoms with E-state index >= 15 is 0 Å². The third-order valence-electron chi connectivity index (χ3n) is 2.26. The van der Waals surface area contributed by atoms with Crippen LogP contribution in [0.5, 0.6) is 0 Å². The fourth-order valence-electron chi connectivity index (χ4n) is 1.31. The van der Waals surface area contributed by atoms with E-state index in [2.05, 4.69) is 0 Å². The van der Waals surface area contributed by atoms with Gasteiger partial charge in [0.15, 0.2) is 11.6 Å². The summed E-state index contributed by atoms with van der Waals surface area (Å²) in [6.45, 7) is 0. The van der Waals surface area contributed by atoms with Crippen LogP contribution in [-0.2, 0) is 19.2 Å². The molecular formula is C10H12O4. The van der Waals surface area contributed by atoms with Gasteiger partial charge in [0.1, 0.15) is 11.6 Å². The molecular weight excluding hydrogens is 184 g/mol. The van der Waals surface area contributed by atoms with Crippen molar-refractivity contribution in [2.24, 2.45) is 0 Å². The zero-order valence-corrected chi connectivity index (χ0v) is 7.88. The molecule has 4 heteroatoms. The Morgan fingerprint density at radius 1 is 0.500 bits per heavy atom. The average Bonchev–Trinajstić information content (AvgIpc) is 2.18. The second kappa shape index (κ2) is 4.79. The Morgan fingerprint density at radius 3 is 1.14 bits per heavy atom. The Bertz CT molecular complexity index is 260. The number of carbonyl (C=O) groups excluding carboxylic acids is 4. The molecule has 14 heavy (non-hydrogen) atoms. The molecule has 0 aromatic carbocycles. The molecule has 0 atom stereocenters. The Hall–Kier alpha value is -1.32. The van der Waals surface area contributed by atoms with Crippen LogP contribution in [0, 0.1) is 0 Å². The third-order valence-corrected chi connectivity index (χ3v) is 2.26. The van der Waals surface area contributed by atoms with Gasteiger partial charge in [-0.05, 0) is 0 Å². The first kappa shape index (κ1) is 10.8. The Morgan fingerprint density at radius 2 is 0.786 bits per heavy atom. The van der Waals surface area contributed by atoms with Crippen molar-refractivity contribution in [2.45, 2.75) is 38.5 Å². The second-order valence-electron chi connectivity index (χ2n) is 3.42. The standard InChI is InChI=1S/C10H12O4/c11-7-1-2-8(12)4-6-10(14)9(13)5-3-7/h1-6H2. The van der Waals surface area contributed by atoms with Crippen molar-refractivity contribution >= 4 is 23.1 Å². The summed E-state index contributed by atoms with van der Waals surface area (Å²) < 4.78 is 0. The SMILES string of the molecule is O=C1CCC(=O)CCC(=O)C(=O)CC1. The smallest absolute Gasteiger partial charge is 0.198 e. The fraction of sp³-hybridized carbons (Fsp3) is 0.600. The number of rotatable bonds is 0. The third kappa shape index (κ3) is 3.20. The first-order valence-electron chi connectivity index (χ1n) is 4.69. The van der Waals surface area contributed by atoms with Gasteiger partial charge in [-0.25, -0.2) is 0 Å². The van der Waals surface area contributed by atoms with Crippen LogP contribution < -0.4 is 0 Å². The summed E-state index contributed by atoms with van der Waals surface area (Å²) in [7, 11) is 0. The molecule has 0 aromatic heterocycles. The molecule has 0 spiro atoms. The zero-order valence-electron chi connectivity index (χ0n) is 7.88. The van der Waals surface area contributed by atoms with E-state index < -0.39 is 11.6 Å². The van der Waals surface area contributed by atoms with Gasteiger partial charge in [-0.15, -0.1) is 0 Å². The summed E-state index contributed by atoms with van der Waals surface area (Å²) in [4.78, 5) is 44.3. The van der Waals surface area contributed by atoms with Gasteiger partial charge in [0, 0.05) is 38.5 Å². The van der Waals surface area contributed by atoms with Gasteiger partial charge in [0.05, 0.1) is 0 Å². The molecule has 1 saturated carbocycles. The van der Waals surface area contributed by atoms with Crippen molar-refractivity contribution in [1.29, 1.82) is 0 Å². The van der Waals surface area contributed by atoms with Gasteiger partial charge in [-0.1, -0.05) is 0 Å². The molecule has 0 aromatic rings. The van der Waals surface area contributed by atoms with Gasteiger partial charge >= 0.3 is 0 Å². The normalized spacial score (nSPS) is 21.1. The number of ketones is 4. The van der Waals surface area contributed by atoms with Gasteiger partial charge in [-0.2, -0.15) is 0 Å². The lowest BCUT2D eigenvalue weighted by atomic mass is 9.98. The van der Waals surface area contributed by atoms with Crippen LogP contribution in [0.25, 0.3) is 0 Å². The molecule has 0 bridgehead atoms. The summed E-state index contributed by atoms with van der Waals surface area (Å²) in [5.41, 5.74) is 0. The molecule has 76 valence electrons. The first-order chi connectivity index (χ1) is 6.59. The van der Waals surface area contributed by atoms with E-state index in [0.717, 1.165) is 0 Å². The molecule has 0 radical (unpaired) electrons. The number of Topliss-reactive ketones (excluding diaryl/α,β-unsaturated/α-hetero) is 4. The first-order valence-corrected chi connectivity index (χ1v) is 4.69. The quantitative estimate of drug-likeness (QED) is 0.532. The van der Waals surface area contributed by atoms with Crippen molar-refractivity contribution in [3.8, 4) is 0 Å². The Kier molecular flexibility index (Phi) is 3.68. The van der Waals surface area contributed by atoms with E-state index in [9.17, 15) is 19.2 Å². The lowest BCUT2D eigenvalue weighted by Gasteiger charge is -2.04. The Labute approximate surface area is 81.7 Å². The Balaban J connectivity index is 2.61. The largest absolute Gasteiger partial charge is 0.300 e. The molecule has 0 N–H and O–H groups in total. The minimum Gasteiger partial charge on any atom is -0.300 e. The van der Waals surface area contributed by atoms with Crippen LogP contribution in [0.4, 0.5) is 0 Å². The van der Waals surface area contributed by atoms with Gasteiger partial charge < -0.3 is 0 Å². The summed E-state index contributed by atoms with van der Waals surface area (Å²) in [5, 5.41) is 0. The highest BCUT2D eigenvalue weighted by Crippen LogP contribution is 2.08. The van der Waals surface area contributed by atoms with Gasteiger partial charge in [0.2, 0.25) is 0 Å². The highest BCUT2D eigenvalue weighted by Gasteiger charge is 2.19. The van der Waals surface area contributed by atoms with Crippen molar-refractivity contribution < 1.29 is 19.2 Å². The van der Waals surface area contributed by atoms with E-state index in [1.54, 1.807) is 0 Å². The average molecular weight is 196 g/mol. The number of hydrogen-bond donors (Lipinski definition) is 0. The lowest BCUT2D eigenvalue weighted by molar-refractivity contribution is -0.138. The molecule has 1 fully saturated rings. The van der Waals surface area contributed by atoms with Crippen LogP contribution >= 0.6 is 0 Å². The maximum atomic E-state index is 11.1. The number of carbonyl (C=O) groups is 4. The maximum Gasteiger partial charge on any atom is 0.198 e. The molecule has 4 nitrogen and oxygen atoms in total. The van der Waals surface area contributed by atoms with Crippen LogP contribution in [0.15, 0.2) is 0 Å². The molecule has 1 rings (SSSR count). The second-order valence-corrected chi connectivity index (χ2v) is 3.42. The molecule has 0 saturated heterocycles. The van der Waals surface area contributed by atoms with Crippen molar-refractivity contribution in [3.05, 3.63) is 0 Å². The van der Waals surface area contributed by atoms with E-state index in [-0.39, 0.29) is 50.1 Å². The van der Waals surface area contributed by atoms with E-state index in [1.807, 2.05) is 0 Å². The molecule has 0 aliphatic heterocycles. The van der Waals surface area contributed by atoms with Gasteiger partial charge in [0.25, 0.3) is 0 Å². The van der Waals surface area contributed by atoms with Crippen LogP contribution in [0.1, 0.15) is 38.5 Å². The zero-order chi connectivity index (χ0) is 10.6. The topological polar surface area (TPSA) is 68.3 Å². The van der Waals surface area contributed by atoms with E-state index in [1.165, 1.54) is 0 Å². The minimum atomic E-state index is -0.520. The summed E-state index contributed by atoms with van der Waals surface area (Å²) in [5.74, 6) is -1.26. The van der Waals surface area contributed by atoms with E-state index in [4.69, 9.17) is 0 Å². The molecule has 0 unspecified atom stereocenters. The van der Waals surface area contributed by atoms with Gasteiger partial charge in [-0.3, -0.25) is 19.2 Å². The summed E-state index contributed by atoms with van der Waals surface area (Å²) in [6.07, 6.45) is 0.619. The predicted octanol–water partition coefficient (Wildman–Crippen LogP) is 0.617. The molecule has 0 heterocycles. The maximum absolute atomic E-state index is 11.1. The highest BCUT2D eigenvalue weighted by molar-refractivity contribution is 6.37. The van der Waals surface area contributed by atoms with E-state index in [0.29, 0.717) is 0 Å². The molecule has 1 aliphatic rings. The van der Waals surface area contributed by atoms with Crippen molar-refractivity contribution in [1.82, 2.24) is 0 Å². The summed E-state index contributed by atoms with van der Waals surface area (Å²) >= 11 is 0. The van der Waals surface area contributed by atoms with Crippen LogP contribution in [-0.4, -0.2) is 23.1 Å². The lowest BCUT2D eigenvalue weighted by Crippen LogP contribution is -2.18. The molecule has 1 aliphatic carbocycles. The van der Waals surface area contributed by atoms with Crippen LogP contribution in [0.3, 0.4) is 0 Å². The van der Waals surface area contributed by atoms with Crippen LogP contribution in [0.2, 0.25) is 0 Å². The highest BCUT2D eigenvalue weighted by atomic mass is 16.2. The fourth-order valence-corrected chi connectivity index (χ4v) is 1.31. The molecule has 0 amide bonds. The minimum absolute atomic E-state index is 0.00581. The number of hydrogen-bond acceptors (Lipinski definition) is 4. The summed E-state index contributed by atoms with van der Waals surface area (Å²) in [6, 6.07) is 0. The van der Waals surface area contributed by atoms with Crippen molar-refractivity contribution in [3.63, 3.8) is 0 Å².